The highest BCUT2D eigenvalue weighted by atomic mass is 19.1. The van der Waals surface area contributed by atoms with E-state index >= 15 is 0 Å². The Labute approximate surface area is 202 Å². The second-order valence-electron chi connectivity index (χ2n) is 9.03. The zero-order valence-corrected chi connectivity index (χ0v) is 19.3. The normalized spacial score (nSPS) is 14.5. The molecule has 8 heteroatoms. The van der Waals surface area contributed by atoms with Crippen LogP contribution in [-0.4, -0.2) is 43.2 Å². The molecule has 1 saturated heterocycles. The number of aliphatic hydroxyl groups excluding tert-OH is 1. The van der Waals surface area contributed by atoms with E-state index in [2.05, 4.69) is 17.2 Å². The summed E-state index contributed by atoms with van der Waals surface area (Å²) in [4.78, 5) is 28.1. The molecule has 4 aromatic rings. The van der Waals surface area contributed by atoms with Gasteiger partial charge in [0.2, 0.25) is 5.91 Å². The number of benzene rings is 2. The molecule has 1 fully saturated rings. The first-order valence-corrected chi connectivity index (χ1v) is 11.8. The van der Waals surface area contributed by atoms with Crippen molar-refractivity contribution in [3.63, 3.8) is 0 Å². The van der Waals surface area contributed by atoms with Crippen LogP contribution in [0, 0.1) is 11.7 Å². The molecule has 2 aromatic carbocycles. The molecule has 35 heavy (non-hydrogen) atoms. The Morgan fingerprint density at radius 2 is 1.74 bits per heavy atom. The van der Waals surface area contributed by atoms with Gasteiger partial charge < -0.3 is 14.6 Å². The quantitative estimate of drug-likeness (QED) is 0.465. The highest BCUT2D eigenvalue weighted by Crippen LogP contribution is 2.25. The monoisotopic (exact) mass is 474 g/mol. The highest BCUT2D eigenvalue weighted by molar-refractivity contribution is 5.76. The number of likely N-dealkylation sites (tertiary alicyclic amines) is 1. The van der Waals surface area contributed by atoms with Gasteiger partial charge in [0.1, 0.15) is 17.9 Å². The molecular formula is C27H27FN4O3. The van der Waals surface area contributed by atoms with Crippen LogP contribution in [0.5, 0.6) is 0 Å². The van der Waals surface area contributed by atoms with Crippen molar-refractivity contribution in [1.29, 1.82) is 0 Å². The number of amides is 1. The fraction of sp³-hybridized carbons (Fsp3) is 0.296. The maximum atomic E-state index is 13.3. The van der Waals surface area contributed by atoms with Gasteiger partial charge in [0.15, 0.2) is 0 Å². The van der Waals surface area contributed by atoms with Crippen LogP contribution in [0.2, 0.25) is 0 Å². The fourth-order valence-corrected chi connectivity index (χ4v) is 4.84. The minimum atomic E-state index is -0.404. The van der Waals surface area contributed by atoms with E-state index in [-0.39, 0.29) is 23.8 Å². The van der Waals surface area contributed by atoms with Gasteiger partial charge >= 0.3 is 0 Å². The molecule has 0 unspecified atom stereocenters. The zero-order valence-electron chi connectivity index (χ0n) is 19.3. The van der Waals surface area contributed by atoms with E-state index in [4.69, 9.17) is 0 Å². The fourth-order valence-electron chi connectivity index (χ4n) is 4.84. The molecule has 5 rings (SSSR count). The van der Waals surface area contributed by atoms with Gasteiger partial charge in [-0.05, 0) is 55.0 Å². The number of rotatable bonds is 6. The molecule has 180 valence electrons. The molecule has 1 aliphatic rings. The number of halogens is 1. The number of carbonyl (C=O) groups is 1. The molecule has 3 heterocycles. The van der Waals surface area contributed by atoms with Crippen LogP contribution >= 0.6 is 0 Å². The Hall–Kier alpha value is -3.78. The molecule has 7 nitrogen and oxygen atoms in total. The molecule has 0 spiro atoms. The molecule has 0 radical (unpaired) electrons. The van der Waals surface area contributed by atoms with Gasteiger partial charge in [-0.15, -0.1) is 0 Å². The van der Waals surface area contributed by atoms with Crippen LogP contribution in [0.3, 0.4) is 0 Å². The van der Waals surface area contributed by atoms with Crippen LogP contribution < -0.4 is 5.56 Å². The third kappa shape index (κ3) is 4.74. The number of fused-ring (bicyclic) bond motifs is 1. The van der Waals surface area contributed by atoms with Gasteiger partial charge in [-0.1, -0.05) is 30.3 Å². The summed E-state index contributed by atoms with van der Waals surface area (Å²) in [5.74, 6) is 0.0655. The van der Waals surface area contributed by atoms with Gasteiger partial charge in [0, 0.05) is 36.6 Å². The Morgan fingerprint density at radius 3 is 2.43 bits per heavy atom. The third-order valence-electron chi connectivity index (χ3n) is 6.78. The van der Waals surface area contributed by atoms with Crippen molar-refractivity contribution in [2.75, 3.05) is 13.1 Å². The second-order valence-corrected chi connectivity index (χ2v) is 9.03. The summed E-state index contributed by atoms with van der Waals surface area (Å²) in [5, 5.41) is 14.4. The van der Waals surface area contributed by atoms with Crippen molar-refractivity contribution in [2.45, 2.75) is 32.4 Å². The van der Waals surface area contributed by atoms with Crippen molar-refractivity contribution in [3.05, 3.63) is 94.3 Å². The van der Waals surface area contributed by atoms with Gasteiger partial charge in [-0.25, -0.2) is 8.91 Å². The molecule has 0 saturated carbocycles. The summed E-state index contributed by atoms with van der Waals surface area (Å²) < 4.78 is 16.1. The number of aromatic nitrogens is 3. The standard InChI is InChI=1S/C27H27FN4O3/c28-22-8-6-21(7-9-22)25-23(18-33)26-27(35)31(14-15-32(26)29-25)17-24(34)30-12-10-20(11-13-30)16-19-4-2-1-3-5-19/h1-9,14-15,20,33H,10-13,16-18H2. The maximum Gasteiger partial charge on any atom is 0.277 e. The van der Waals surface area contributed by atoms with Crippen molar-refractivity contribution >= 4 is 11.4 Å². The predicted octanol–water partition coefficient (Wildman–Crippen LogP) is 3.28. The molecule has 1 amide bonds. The Kier molecular flexibility index (Phi) is 6.46. The lowest BCUT2D eigenvalue weighted by Crippen LogP contribution is -2.42. The number of nitrogens with zero attached hydrogens (tertiary/aromatic N) is 4. The van der Waals surface area contributed by atoms with E-state index in [0.29, 0.717) is 35.8 Å². The first-order valence-electron chi connectivity index (χ1n) is 11.8. The summed E-state index contributed by atoms with van der Waals surface area (Å²) in [6, 6.07) is 16.1. The van der Waals surface area contributed by atoms with Crippen LogP contribution in [-0.2, 0) is 24.4 Å². The molecular weight excluding hydrogens is 447 g/mol. The summed E-state index contributed by atoms with van der Waals surface area (Å²) in [6.45, 7) is 0.881. The van der Waals surface area contributed by atoms with Gasteiger partial charge in [-0.2, -0.15) is 5.10 Å². The Morgan fingerprint density at radius 1 is 1.03 bits per heavy atom. The minimum Gasteiger partial charge on any atom is -0.392 e. The van der Waals surface area contributed by atoms with Crippen LogP contribution in [0.4, 0.5) is 4.39 Å². The van der Waals surface area contributed by atoms with E-state index in [1.165, 1.54) is 33.0 Å². The van der Waals surface area contributed by atoms with Crippen molar-refractivity contribution in [2.24, 2.45) is 5.92 Å². The highest BCUT2D eigenvalue weighted by Gasteiger charge is 2.24. The summed E-state index contributed by atoms with van der Waals surface area (Å²) in [7, 11) is 0. The maximum absolute atomic E-state index is 13.3. The molecule has 0 aliphatic carbocycles. The molecule has 1 N–H and O–H groups in total. The third-order valence-corrected chi connectivity index (χ3v) is 6.78. The lowest BCUT2D eigenvalue weighted by molar-refractivity contribution is -0.133. The summed E-state index contributed by atoms with van der Waals surface area (Å²) >= 11 is 0. The van der Waals surface area contributed by atoms with E-state index in [9.17, 15) is 19.1 Å². The van der Waals surface area contributed by atoms with Crippen molar-refractivity contribution in [3.8, 4) is 11.3 Å². The Balaban J connectivity index is 1.31. The molecule has 1 aliphatic heterocycles. The van der Waals surface area contributed by atoms with Crippen LogP contribution in [0.1, 0.15) is 24.0 Å². The minimum absolute atomic E-state index is 0.0688. The van der Waals surface area contributed by atoms with E-state index in [0.717, 1.165) is 19.3 Å². The average molecular weight is 475 g/mol. The first-order chi connectivity index (χ1) is 17.0. The van der Waals surface area contributed by atoms with E-state index in [1.807, 2.05) is 23.1 Å². The topological polar surface area (TPSA) is 79.8 Å². The predicted molar refractivity (Wildman–Crippen MR) is 130 cm³/mol. The van der Waals surface area contributed by atoms with Gasteiger partial charge in [-0.3, -0.25) is 9.59 Å². The van der Waals surface area contributed by atoms with Crippen molar-refractivity contribution < 1.29 is 14.3 Å². The molecule has 0 bridgehead atoms. The first kappa shape index (κ1) is 23.0. The number of hydrogen-bond acceptors (Lipinski definition) is 4. The number of hydrogen-bond donors (Lipinski definition) is 1. The number of carbonyl (C=O) groups excluding carboxylic acids is 1. The van der Waals surface area contributed by atoms with Crippen LogP contribution in [0.15, 0.2) is 71.8 Å². The lowest BCUT2D eigenvalue weighted by Gasteiger charge is -2.32. The van der Waals surface area contributed by atoms with E-state index < -0.39 is 12.2 Å². The second kappa shape index (κ2) is 9.84. The van der Waals surface area contributed by atoms with Gasteiger partial charge in [0.05, 0.1) is 12.3 Å². The number of aliphatic hydroxyl groups is 1. The SMILES string of the molecule is O=C(Cn1ccn2nc(-c3ccc(F)cc3)c(CO)c2c1=O)N1CCC(Cc2ccccc2)CC1. The largest absolute Gasteiger partial charge is 0.392 e. The average Bonchev–Trinajstić information content (AvgIpc) is 3.26. The van der Waals surface area contributed by atoms with Gasteiger partial charge in [0.25, 0.3) is 5.56 Å². The van der Waals surface area contributed by atoms with Crippen LogP contribution in [0.25, 0.3) is 16.8 Å². The molecule has 2 aromatic heterocycles. The Bertz CT molecular complexity index is 1390. The zero-order chi connectivity index (χ0) is 24.4. The summed E-state index contributed by atoms with van der Waals surface area (Å²) in [5.41, 5.74) is 2.49. The lowest BCUT2D eigenvalue weighted by atomic mass is 9.90. The summed E-state index contributed by atoms with van der Waals surface area (Å²) in [6.07, 6.45) is 6.03. The smallest absolute Gasteiger partial charge is 0.277 e. The van der Waals surface area contributed by atoms with E-state index in [1.54, 1.807) is 18.3 Å². The molecule has 0 atom stereocenters. The number of piperidine rings is 1. The van der Waals surface area contributed by atoms with Crippen molar-refractivity contribution in [1.82, 2.24) is 19.1 Å².